The maximum Gasteiger partial charge on any atom is 0.416 e. The Hall–Kier alpha value is -2.05. The summed E-state index contributed by atoms with van der Waals surface area (Å²) in [7, 11) is 0. The van der Waals surface area contributed by atoms with Crippen molar-refractivity contribution in [1.82, 2.24) is 0 Å². The molecular weight excluding hydrogens is 529 g/mol. The van der Waals surface area contributed by atoms with E-state index >= 15 is 0 Å². The number of ether oxygens (including phenoxy) is 2. The second-order valence-electron chi connectivity index (χ2n) is 12.3. The Morgan fingerprint density at radius 2 is 1.22 bits per heavy atom. The Balaban J connectivity index is -0.000000305. The third-order valence-electron chi connectivity index (χ3n) is 7.82. The van der Waals surface area contributed by atoms with E-state index in [1.165, 1.54) is 38.7 Å². The van der Waals surface area contributed by atoms with Gasteiger partial charge in [-0.3, -0.25) is 9.59 Å². The second-order valence-corrected chi connectivity index (χ2v) is 12.3. The molecule has 1 aliphatic carbocycles. The van der Waals surface area contributed by atoms with Crippen LogP contribution < -0.4 is 4.74 Å². The first-order valence-corrected chi connectivity index (χ1v) is 13.4. The van der Waals surface area contributed by atoms with Gasteiger partial charge in [0.15, 0.2) is 0 Å². The molecule has 0 radical (unpaired) electrons. The van der Waals surface area contributed by atoms with Gasteiger partial charge in [-0.1, -0.05) is 63.3 Å². The Morgan fingerprint density at radius 3 is 1.63 bits per heavy atom. The molecule has 1 aliphatic rings. The van der Waals surface area contributed by atoms with Crippen molar-refractivity contribution in [2.75, 3.05) is 0 Å². The fourth-order valence-electron chi connectivity index (χ4n) is 3.92. The molecule has 7 heteroatoms. The highest BCUT2D eigenvalue weighted by atomic mass is 19.4. The van der Waals surface area contributed by atoms with Gasteiger partial charge in [0.1, 0.15) is 11.4 Å². The normalized spacial score (nSPS) is 17.1. The first-order chi connectivity index (χ1) is 16.7. The van der Waals surface area contributed by atoms with E-state index in [4.69, 9.17) is 9.47 Å². The number of hydrogen-bond donors (Lipinski definition) is 0. The molecule has 0 aromatic heterocycles. The van der Waals surface area contributed by atoms with E-state index in [-0.39, 0.29) is 52.4 Å². The molecule has 244 valence electrons. The van der Waals surface area contributed by atoms with Crippen molar-refractivity contribution < 1.29 is 32.2 Å². The van der Waals surface area contributed by atoms with Crippen LogP contribution in [0, 0.1) is 29.6 Å². The maximum absolute atomic E-state index is 12.6. The molecule has 1 aromatic carbocycles. The van der Waals surface area contributed by atoms with Crippen LogP contribution in [0.15, 0.2) is 18.2 Å². The largest absolute Gasteiger partial charge is 0.459 e. The summed E-state index contributed by atoms with van der Waals surface area (Å²) in [6, 6.07) is 3.28. The van der Waals surface area contributed by atoms with Crippen molar-refractivity contribution in [3.05, 3.63) is 29.3 Å². The van der Waals surface area contributed by atoms with Gasteiger partial charge < -0.3 is 9.47 Å². The van der Waals surface area contributed by atoms with Crippen molar-refractivity contribution in [3.63, 3.8) is 0 Å². The number of hydrogen-bond acceptors (Lipinski definition) is 4. The van der Waals surface area contributed by atoms with Gasteiger partial charge in [-0.05, 0) is 110 Å². The van der Waals surface area contributed by atoms with E-state index in [2.05, 4.69) is 20.8 Å². The molecule has 2 rings (SSSR count). The van der Waals surface area contributed by atoms with E-state index in [0.29, 0.717) is 17.9 Å². The van der Waals surface area contributed by atoms with Gasteiger partial charge in [0.25, 0.3) is 0 Å². The van der Waals surface area contributed by atoms with Gasteiger partial charge in [-0.25, -0.2) is 0 Å². The SMILES string of the molecule is C.C.C.C.CCC(C)(C)C(=O)OC(C)(C)C1CCC(C)CC1.CCC(C)(C)C(=O)Oc1cc(C)cc(C(F)(F)F)c1. The smallest absolute Gasteiger partial charge is 0.416 e. The zero-order chi connectivity index (χ0) is 28.8. The molecular formula is C34H63F3O4. The fraction of sp³-hybridized carbons (Fsp3) is 0.765. The number of benzene rings is 1. The maximum atomic E-state index is 12.6. The van der Waals surface area contributed by atoms with Crippen LogP contribution >= 0.6 is 0 Å². The van der Waals surface area contributed by atoms with Crippen molar-refractivity contribution in [1.29, 1.82) is 0 Å². The highest BCUT2D eigenvalue weighted by Crippen LogP contribution is 2.38. The van der Waals surface area contributed by atoms with E-state index < -0.39 is 23.1 Å². The highest BCUT2D eigenvalue weighted by molar-refractivity contribution is 5.78. The third kappa shape index (κ3) is 14.1. The van der Waals surface area contributed by atoms with Crippen LogP contribution in [0.3, 0.4) is 0 Å². The van der Waals surface area contributed by atoms with Crippen LogP contribution in [0.2, 0.25) is 0 Å². The standard InChI is InChI=1S/C16H30O2.C14H17F3O2.4CH4/c1-7-15(3,4)14(17)18-16(5,6)13-10-8-12(2)9-11-13;1-5-13(3,4)12(18)19-11-7-9(2)6-10(8-11)14(15,16)17;;;;/h12-13H,7-11H2,1-6H3;6-8H,5H2,1-4H3;4*1H4. The predicted molar refractivity (Wildman–Crippen MR) is 168 cm³/mol. The van der Waals surface area contributed by atoms with E-state index in [0.717, 1.165) is 24.5 Å². The number of aryl methyl sites for hydroxylation is 1. The van der Waals surface area contributed by atoms with Crippen LogP contribution in [-0.2, 0) is 20.5 Å². The highest BCUT2D eigenvalue weighted by Gasteiger charge is 2.39. The average Bonchev–Trinajstić information content (AvgIpc) is 2.78. The second kappa shape index (κ2) is 17.8. The molecule has 0 amide bonds. The number of esters is 2. The number of alkyl halides is 3. The predicted octanol–water partition coefficient (Wildman–Crippen LogP) is 11.5. The summed E-state index contributed by atoms with van der Waals surface area (Å²) >= 11 is 0. The summed E-state index contributed by atoms with van der Waals surface area (Å²) in [5, 5.41) is 0. The van der Waals surface area contributed by atoms with Gasteiger partial charge in [0, 0.05) is 0 Å². The van der Waals surface area contributed by atoms with Crippen LogP contribution in [-0.4, -0.2) is 17.5 Å². The summed E-state index contributed by atoms with van der Waals surface area (Å²) in [5.74, 6) is 0.700. The van der Waals surface area contributed by atoms with Gasteiger partial charge in [-0.2, -0.15) is 13.2 Å². The van der Waals surface area contributed by atoms with Crippen LogP contribution in [0.5, 0.6) is 5.75 Å². The monoisotopic (exact) mass is 592 g/mol. The zero-order valence-corrected chi connectivity index (χ0v) is 24.4. The molecule has 0 spiro atoms. The summed E-state index contributed by atoms with van der Waals surface area (Å²) in [4.78, 5) is 24.0. The quantitative estimate of drug-likeness (QED) is 0.233. The van der Waals surface area contributed by atoms with Gasteiger partial charge in [0.2, 0.25) is 0 Å². The number of rotatable bonds is 7. The van der Waals surface area contributed by atoms with Crippen molar-refractivity contribution in [2.24, 2.45) is 22.7 Å². The van der Waals surface area contributed by atoms with E-state index in [1.807, 2.05) is 27.7 Å². The lowest BCUT2D eigenvalue weighted by molar-refractivity contribution is -0.174. The minimum atomic E-state index is -4.45. The Morgan fingerprint density at radius 1 is 0.780 bits per heavy atom. The molecule has 0 aliphatic heterocycles. The van der Waals surface area contributed by atoms with Crippen LogP contribution in [0.25, 0.3) is 0 Å². The number of carbonyl (C=O) groups is 2. The zero-order valence-electron chi connectivity index (χ0n) is 24.4. The summed E-state index contributed by atoms with van der Waals surface area (Å²) < 4.78 is 48.8. The molecule has 0 heterocycles. The molecule has 0 atom stereocenters. The van der Waals surface area contributed by atoms with Gasteiger partial charge in [0.05, 0.1) is 16.4 Å². The number of carbonyl (C=O) groups excluding carboxylic acids is 2. The molecule has 0 saturated heterocycles. The minimum absolute atomic E-state index is 0. The molecule has 41 heavy (non-hydrogen) atoms. The Labute approximate surface area is 251 Å². The summed E-state index contributed by atoms with van der Waals surface area (Å²) in [5.41, 5.74) is -1.82. The minimum Gasteiger partial charge on any atom is -0.459 e. The van der Waals surface area contributed by atoms with E-state index in [9.17, 15) is 22.8 Å². The molecule has 4 nitrogen and oxygen atoms in total. The van der Waals surface area contributed by atoms with Crippen LogP contribution in [0.1, 0.15) is 142 Å². The summed E-state index contributed by atoms with van der Waals surface area (Å²) in [6.45, 7) is 19.2. The van der Waals surface area contributed by atoms with Gasteiger partial charge in [-0.15, -0.1) is 0 Å². The first-order valence-electron chi connectivity index (χ1n) is 13.4. The molecule has 1 aromatic rings. The molecule has 1 fully saturated rings. The summed E-state index contributed by atoms with van der Waals surface area (Å²) in [6.07, 6.45) is 1.83. The molecule has 1 saturated carbocycles. The molecule has 0 N–H and O–H groups in total. The molecule has 0 bridgehead atoms. The fourth-order valence-corrected chi connectivity index (χ4v) is 3.92. The molecule has 0 unspecified atom stereocenters. The van der Waals surface area contributed by atoms with Crippen molar-refractivity contribution >= 4 is 11.9 Å². The number of halogens is 3. The van der Waals surface area contributed by atoms with E-state index in [1.54, 1.807) is 13.8 Å². The Kier molecular flexibility index (Phi) is 19.9. The van der Waals surface area contributed by atoms with Crippen molar-refractivity contribution in [3.8, 4) is 5.75 Å². The lowest BCUT2D eigenvalue weighted by atomic mass is 9.75. The average molecular weight is 593 g/mol. The lowest BCUT2D eigenvalue weighted by Crippen LogP contribution is -2.42. The van der Waals surface area contributed by atoms with Crippen molar-refractivity contribution in [2.45, 2.75) is 149 Å². The van der Waals surface area contributed by atoms with Crippen LogP contribution in [0.4, 0.5) is 13.2 Å². The first kappa shape index (κ1) is 45.9. The third-order valence-corrected chi connectivity index (χ3v) is 7.82. The Bertz CT molecular complexity index is 909. The lowest BCUT2D eigenvalue weighted by Gasteiger charge is -2.39. The topological polar surface area (TPSA) is 52.6 Å². The van der Waals surface area contributed by atoms with Gasteiger partial charge >= 0.3 is 18.1 Å².